The van der Waals surface area contributed by atoms with Crippen molar-refractivity contribution in [3.8, 4) is 22.5 Å². The second-order valence-electron chi connectivity index (χ2n) is 15.3. The van der Waals surface area contributed by atoms with E-state index in [-0.39, 0.29) is 37.1 Å². The molecule has 2 fully saturated rings. The number of rotatable bonds is 6. The number of cyclic esters (lactones) is 1. The van der Waals surface area contributed by atoms with Crippen LogP contribution in [-0.4, -0.2) is 101 Å². The van der Waals surface area contributed by atoms with Crippen molar-refractivity contribution in [1.82, 2.24) is 35.2 Å². The molecule has 6 heterocycles. The summed E-state index contributed by atoms with van der Waals surface area (Å²) in [6.07, 6.45) is 4.25. The van der Waals surface area contributed by atoms with Crippen LogP contribution in [0.25, 0.3) is 33.4 Å². The largest absolute Gasteiger partial charge is 0.464 e. The molecule has 3 aromatic heterocycles. The lowest BCUT2D eigenvalue weighted by Crippen LogP contribution is -2.61. The smallest absolute Gasteiger partial charge is 0.324 e. The summed E-state index contributed by atoms with van der Waals surface area (Å²) in [6, 6.07) is 8.46. The highest BCUT2D eigenvalue weighted by atomic mass is 32.1. The number of carbonyl (C=O) groups excluding carboxylic acids is 3. The number of carbonyl (C=O) groups is 3. The number of benzene rings is 1. The van der Waals surface area contributed by atoms with Crippen LogP contribution in [0.2, 0.25) is 0 Å². The minimum Gasteiger partial charge on any atom is -0.464 e. The second-order valence-corrected chi connectivity index (χ2v) is 16.3. The molecule has 2 saturated heterocycles. The molecule has 54 heavy (non-hydrogen) atoms. The fourth-order valence-electron chi connectivity index (χ4n) is 7.81. The van der Waals surface area contributed by atoms with Gasteiger partial charge in [-0.3, -0.25) is 19.6 Å². The number of esters is 1. The Morgan fingerprint density at radius 2 is 2.07 bits per heavy atom. The number of amides is 3. The number of urea groups is 1. The van der Waals surface area contributed by atoms with Crippen molar-refractivity contribution >= 4 is 40.1 Å². The molecule has 3 aliphatic heterocycles. The van der Waals surface area contributed by atoms with Gasteiger partial charge in [0.25, 0.3) is 5.91 Å². The molecule has 7 rings (SSSR count). The number of fused-ring (bicyclic) bond motifs is 6. The quantitative estimate of drug-likeness (QED) is 0.244. The van der Waals surface area contributed by atoms with Crippen LogP contribution in [0.1, 0.15) is 69.3 Å². The van der Waals surface area contributed by atoms with Crippen LogP contribution in [0.15, 0.2) is 41.9 Å². The Kier molecular flexibility index (Phi) is 11.1. The minimum absolute atomic E-state index is 0.0710. The van der Waals surface area contributed by atoms with Crippen LogP contribution in [0.4, 0.5) is 4.79 Å². The van der Waals surface area contributed by atoms with E-state index < -0.39 is 23.5 Å². The summed E-state index contributed by atoms with van der Waals surface area (Å²) in [5.41, 5.74) is 9.57. The molecular weight excluding hydrogens is 707 g/mol. The van der Waals surface area contributed by atoms with Gasteiger partial charge in [0.1, 0.15) is 12.1 Å². The fourth-order valence-corrected chi connectivity index (χ4v) is 8.66. The first-order valence-electron chi connectivity index (χ1n) is 18.9. The van der Waals surface area contributed by atoms with Gasteiger partial charge in [0.15, 0.2) is 0 Å². The molecule has 2 N–H and O–H groups in total. The van der Waals surface area contributed by atoms with E-state index in [9.17, 15) is 14.4 Å². The van der Waals surface area contributed by atoms with Gasteiger partial charge >= 0.3 is 12.0 Å². The van der Waals surface area contributed by atoms with Crippen LogP contribution in [0, 0.1) is 5.41 Å². The van der Waals surface area contributed by atoms with Gasteiger partial charge in [-0.1, -0.05) is 19.9 Å². The van der Waals surface area contributed by atoms with Crippen molar-refractivity contribution in [3.05, 3.63) is 58.2 Å². The Morgan fingerprint density at radius 1 is 1.24 bits per heavy atom. The minimum atomic E-state index is -0.917. The Balaban J connectivity index is 1.33. The van der Waals surface area contributed by atoms with E-state index in [1.54, 1.807) is 25.3 Å². The summed E-state index contributed by atoms with van der Waals surface area (Å²) in [7, 11) is 3.42. The van der Waals surface area contributed by atoms with Crippen molar-refractivity contribution in [1.29, 1.82) is 0 Å². The zero-order valence-electron chi connectivity index (χ0n) is 32.0. The molecule has 0 aliphatic carbocycles. The molecule has 3 aliphatic rings. The molecule has 1 aromatic carbocycles. The van der Waals surface area contributed by atoms with Gasteiger partial charge in [-0.2, -0.15) is 0 Å². The molecule has 4 atom stereocenters. The number of aryl methyl sites for hydroxylation is 1. The lowest BCUT2D eigenvalue weighted by atomic mass is 9.84. The molecule has 0 unspecified atom stereocenters. The van der Waals surface area contributed by atoms with Gasteiger partial charge in [-0.05, 0) is 69.4 Å². The molecule has 3 amide bonds. The van der Waals surface area contributed by atoms with Gasteiger partial charge in [-0.15, -0.1) is 11.3 Å². The monoisotopic (exact) mass is 757 g/mol. The van der Waals surface area contributed by atoms with Gasteiger partial charge in [-0.25, -0.2) is 15.2 Å². The summed E-state index contributed by atoms with van der Waals surface area (Å²) in [4.78, 5) is 52.8. The topological polar surface area (TPSA) is 140 Å². The van der Waals surface area contributed by atoms with E-state index in [4.69, 9.17) is 24.2 Å². The number of ether oxygens (including phenoxy) is 3. The number of likely N-dealkylation sites (N-methyl/N-ethyl adjacent to an activating group) is 1. The maximum atomic E-state index is 14.2. The number of hydrogen-bond acceptors (Lipinski definition) is 10. The van der Waals surface area contributed by atoms with Gasteiger partial charge in [0.05, 0.1) is 47.4 Å². The summed E-state index contributed by atoms with van der Waals surface area (Å²) >= 11 is 1.46. The highest BCUT2D eigenvalue weighted by Crippen LogP contribution is 2.42. The normalized spacial score (nSPS) is 22.5. The van der Waals surface area contributed by atoms with E-state index in [0.29, 0.717) is 44.0 Å². The highest BCUT2D eigenvalue weighted by molar-refractivity contribution is 7.10. The van der Waals surface area contributed by atoms with Crippen LogP contribution < -0.4 is 10.7 Å². The average molecular weight is 758 g/mol. The van der Waals surface area contributed by atoms with E-state index in [2.05, 4.69) is 60.3 Å². The first-order chi connectivity index (χ1) is 26.0. The molecular formula is C40H51N7O6S. The van der Waals surface area contributed by atoms with Crippen LogP contribution in [-0.2, 0) is 43.2 Å². The third kappa shape index (κ3) is 7.61. The van der Waals surface area contributed by atoms with Gasteiger partial charge in [0, 0.05) is 79.3 Å². The molecule has 6 bridgehead atoms. The number of hydrazine groups is 1. The van der Waals surface area contributed by atoms with Crippen molar-refractivity contribution in [2.75, 3.05) is 40.5 Å². The first-order valence-corrected chi connectivity index (χ1v) is 19.8. The van der Waals surface area contributed by atoms with E-state index >= 15 is 0 Å². The first kappa shape index (κ1) is 37.9. The molecule has 0 radical (unpaired) electrons. The number of methoxy groups -OCH3 is 1. The summed E-state index contributed by atoms with van der Waals surface area (Å²) in [6.45, 7) is 10.7. The zero-order chi connectivity index (χ0) is 38.1. The van der Waals surface area contributed by atoms with Crippen molar-refractivity contribution in [2.24, 2.45) is 5.41 Å². The predicted molar refractivity (Wildman–Crippen MR) is 207 cm³/mol. The molecule has 4 aromatic rings. The fraction of sp³-hybridized carbons (Fsp3) is 0.525. The standard InChI is InChI=1S/C40H51N7O6S/c1-7-46-33-13-12-25-18-28(33)29(36(46)27-10-8-15-41-35(27)24(2)51-6)20-40(3,4)23-53-38(49)30-11-9-16-47(44-30)37(48)31(19-34-42-32(25)22-54-34)43-39(50)45(5)26-14-17-52-21-26/h8,10,12-13,15,18,22,24,26,30-31,44H,7,9,11,14,16-17,19-21,23H2,1-6H3,(H,43,50)/t24-,26-,30-,31-/m0/s1. The van der Waals surface area contributed by atoms with Crippen molar-refractivity contribution < 1.29 is 28.6 Å². The lowest BCUT2D eigenvalue weighted by Gasteiger charge is -2.36. The van der Waals surface area contributed by atoms with Gasteiger partial charge < -0.3 is 29.0 Å². The van der Waals surface area contributed by atoms with E-state index in [1.165, 1.54) is 16.3 Å². The van der Waals surface area contributed by atoms with E-state index in [0.717, 1.165) is 57.6 Å². The average Bonchev–Trinajstić information content (AvgIpc) is 3.95. The molecule has 13 nitrogen and oxygen atoms in total. The highest BCUT2D eigenvalue weighted by Gasteiger charge is 2.36. The Morgan fingerprint density at radius 3 is 2.83 bits per heavy atom. The number of nitrogens with zero attached hydrogens (tertiary/aromatic N) is 5. The summed E-state index contributed by atoms with van der Waals surface area (Å²) in [5.74, 6) is -0.734. The third-order valence-electron chi connectivity index (χ3n) is 10.9. The zero-order valence-corrected chi connectivity index (χ0v) is 32.8. The Labute approximate surface area is 320 Å². The second kappa shape index (κ2) is 15.8. The number of nitrogens with one attached hydrogen (secondary N) is 2. The van der Waals surface area contributed by atoms with Gasteiger partial charge in [0.2, 0.25) is 0 Å². The number of hydrogen-bond donors (Lipinski definition) is 2. The summed E-state index contributed by atoms with van der Waals surface area (Å²) in [5, 5.41) is 8.27. The maximum Gasteiger partial charge on any atom is 0.324 e. The number of aromatic nitrogens is 3. The van der Waals surface area contributed by atoms with Crippen LogP contribution in [0.5, 0.6) is 0 Å². The van der Waals surface area contributed by atoms with Crippen LogP contribution >= 0.6 is 11.3 Å². The molecule has 0 spiro atoms. The Hall–Kier alpha value is -4.37. The molecule has 14 heteroatoms. The van der Waals surface area contributed by atoms with Crippen LogP contribution in [0.3, 0.4) is 0 Å². The lowest BCUT2D eigenvalue weighted by molar-refractivity contribution is -0.155. The van der Waals surface area contributed by atoms with E-state index in [1.807, 2.05) is 18.4 Å². The maximum absolute atomic E-state index is 14.2. The SMILES string of the molecule is CCn1c(-c2cccnc2[C@H](C)OC)c2c3cc(ccc31)-c1csc(n1)C[C@H](NC(=O)N(C)[C@H]1CCOC1)C(=O)N1CCC[C@H](N1)C(=O)OCC(C)(C)C2. The van der Waals surface area contributed by atoms with Crippen molar-refractivity contribution in [3.63, 3.8) is 0 Å². The summed E-state index contributed by atoms with van der Waals surface area (Å²) < 4.78 is 19.7. The molecule has 288 valence electrons. The number of thiazole rings is 1. The van der Waals surface area contributed by atoms with Crippen molar-refractivity contribution in [2.45, 2.75) is 90.6 Å². The predicted octanol–water partition coefficient (Wildman–Crippen LogP) is 5.52. The Bertz CT molecular complexity index is 2020. The molecule has 0 saturated carbocycles. The third-order valence-corrected chi connectivity index (χ3v) is 11.8. The number of pyridine rings is 1.